The summed E-state index contributed by atoms with van der Waals surface area (Å²) in [5.74, 6) is 2.69. The van der Waals surface area contributed by atoms with Crippen LogP contribution in [0.5, 0.6) is 0 Å². The number of rotatable bonds is 5. The highest BCUT2D eigenvalue weighted by molar-refractivity contribution is 5.80. The average Bonchev–Trinajstić information content (AvgIpc) is 3.51. The van der Waals surface area contributed by atoms with E-state index in [1.165, 1.54) is 37.7 Å². The quantitative estimate of drug-likeness (QED) is 0.441. The van der Waals surface area contributed by atoms with Gasteiger partial charge in [0, 0.05) is 17.4 Å². The maximum Gasteiger partial charge on any atom is 0.180 e. The van der Waals surface area contributed by atoms with Crippen molar-refractivity contribution in [3.05, 3.63) is 65.7 Å². The second-order valence-corrected chi connectivity index (χ2v) is 10.0. The maximum atomic E-state index is 5.01. The molecule has 2 heterocycles. The largest absolute Gasteiger partial charge is 0.246 e. The number of aromatic amines is 1. The summed E-state index contributed by atoms with van der Waals surface area (Å²) in [6, 6.07) is 17.4. The summed E-state index contributed by atoms with van der Waals surface area (Å²) in [6.07, 6.45) is 7.08. The smallest absolute Gasteiger partial charge is 0.180 e. The van der Waals surface area contributed by atoms with Crippen LogP contribution in [0.15, 0.2) is 48.5 Å². The van der Waals surface area contributed by atoms with E-state index in [9.17, 15) is 0 Å². The zero-order chi connectivity index (χ0) is 22.8. The molecule has 2 aromatic heterocycles. The number of nitrogens with one attached hydrogen (secondary N) is 1. The normalized spacial score (nSPS) is 15.1. The summed E-state index contributed by atoms with van der Waals surface area (Å²) < 4.78 is 2.24. The summed E-state index contributed by atoms with van der Waals surface area (Å²) in [5.41, 5.74) is 4.40. The fraction of sp³-hybridized carbons (Fsp3) is 0.423. The molecule has 0 bridgehead atoms. The number of aromatic nitrogens is 7. The molecule has 170 valence electrons. The number of tetrazole rings is 1. The van der Waals surface area contributed by atoms with E-state index >= 15 is 0 Å². The molecule has 0 saturated heterocycles. The fourth-order valence-electron chi connectivity index (χ4n) is 4.61. The Kier molecular flexibility index (Phi) is 5.79. The average molecular weight is 442 g/mol. The van der Waals surface area contributed by atoms with Crippen LogP contribution in [0.25, 0.3) is 22.5 Å². The second-order valence-electron chi connectivity index (χ2n) is 10.0. The summed E-state index contributed by atoms with van der Waals surface area (Å²) in [5, 5.41) is 19.4. The van der Waals surface area contributed by atoms with E-state index in [0.29, 0.717) is 11.9 Å². The van der Waals surface area contributed by atoms with E-state index in [4.69, 9.17) is 10.1 Å². The highest BCUT2D eigenvalue weighted by Crippen LogP contribution is 2.32. The minimum absolute atomic E-state index is 0.0577. The van der Waals surface area contributed by atoms with Crippen LogP contribution in [0.3, 0.4) is 0 Å². The highest BCUT2D eigenvalue weighted by atomic mass is 15.5. The van der Waals surface area contributed by atoms with Crippen molar-refractivity contribution in [2.45, 2.75) is 70.8 Å². The van der Waals surface area contributed by atoms with E-state index in [1.54, 1.807) is 0 Å². The van der Waals surface area contributed by atoms with Crippen LogP contribution >= 0.6 is 0 Å². The molecule has 1 aliphatic rings. The van der Waals surface area contributed by atoms with E-state index in [2.05, 4.69) is 76.4 Å². The van der Waals surface area contributed by atoms with Crippen LogP contribution in [0.1, 0.15) is 76.1 Å². The third-order valence-corrected chi connectivity index (χ3v) is 6.45. The topological polar surface area (TPSA) is 85.2 Å². The highest BCUT2D eigenvalue weighted by Gasteiger charge is 2.26. The number of nitrogens with zero attached hydrogens (tertiary/aromatic N) is 6. The molecular formula is C26H31N7. The van der Waals surface area contributed by atoms with Crippen LogP contribution < -0.4 is 0 Å². The lowest BCUT2D eigenvalue weighted by Gasteiger charge is -2.23. The third-order valence-electron chi connectivity index (χ3n) is 6.45. The number of H-pyrrole nitrogens is 1. The molecule has 7 heteroatoms. The van der Waals surface area contributed by atoms with E-state index in [0.717, 1.165) is 34.8 Å². The van der Waals surface area contributed by atoms with E-state index < -0.39 is 0 Å². The van der Waals surface area contributed by atoms with Crippen LogP contribution in [0, 0.1) is 0 Å². The molecule has 0 spiro atoms. The molecule has 0 unspecified atom stereocenters. The van der Waals surface area contributed by atoms with Gasteiger partial charge in [0.25, 0.3) is 0 Å². The Morgan fingerprint density at radius 3 is 2.33 bits per heavy atom. The molecule has 0 atom stereocenters. The minimum Gasteiger partial charge on any atom is -0.246 e. The Balaban J connectivity index is 1.43. The van der Waals surface area contributed by atoms with Gasteiger partial charge in [-0.1, -0.05) is 88.6 Å². The van der Waals surface area contributed by atoms with Crippen LogP contribution in [-0.2, 0) is 11.8 Å². The third kappa shape index (κ3) is 4.58. The van der Waals surface area contributed by atoms with Gasteiger partial charge in [-0.2, -0.15) is 5.10 Å². The summed E-state index contributed by atoms with van der Waals surface area (Å²) in [6.45, 7) is 6.56. The Labute approximate surface area is 194 Å². The lowest BCUT2D eigenvalue weighted by atomic mass is 9.95. The SMILES string of the molecule is CC(C)(C)c1nc(Cc2ccc(-c3ccccc3-c3nnn[nH]3)cc2)n(C2CCCCC2)n1. The van der Waals surface area contributed by atoms with E-state index in [1.807, 2.05) is 18.2 Å². The molecule has 0 aliphatic heterocycles. The van der Waals surface area contributed by atoms with Gasteiger partial charge in [-0.25, -0.2) is 14.8 Å². The molecule has 1 saturated carbocycles. The van der Waals surface area contributed by atoms with Gasteiger partial charge in [0.2, 0.25) is 0 Å². The van der Waals surface area contributed by atoms with Crippen molar-refractivity contribution in [3.63, 3.8) is 0 Å². The monoisotopic (exact) mass is 441 g/mol. The van der Waals surface area contributed by atoms with Crippen molar-refractivity contribution >= 4 is 0 Å². The van der Waals surface area contributed by atoms with Gasteiger partial charge in [0.1, 0.15) is 5.82 Å². The first-order chi connectivity index (χ1) is 16.0. The van der Waals surface area contributed by atoms with Crippen molar-refractivity contribution in [3.8, 4) is 22.5 Å². The van der Waals surface area contributed by atoms with Crippen molar-refractivity contribution in [2.75, 3.05) is 0 Å². The second kappa shape index (κ2) is 8.89. The van der Waals surface area contributed by atoms with Crippen molar-refractivity contribution < 1.29 is 0 Å². The van der Waals surface area contributed by atoms with Gasteiger partial charge >= 0.3 is 0 Å². The molecule has 1 aliphatic carbocycles. The van der Waals surface area contributed by atoms with Gasteiger partial charge in [-0.05, 0) is 40.0 Å². The van der Waals surface area contributed by atoms with Crippen molar-refractivity contribution in [1.29, 1.82) is 0 Å². The van der Waals surface area contributed by atoms with Gasteiger partial charge in [0.15, 0.2) is 11.6 Å². The first kappa shape index (κ1) is 21.5. The molecule has 0 amide bonds. The molecule has 4 aromatic rings. The molecule has 7 nitrogen and oxygen atoms in total. The summed E-state index contributed by atoms with van der Waals surface area (Å²) >= 11 is 0. The first-order valence-electron chi connectivity index (χ1n) is 11.9. The zero-order valence-corrected chi connectivity index (χ0v) is 19.6. The summed E-state index contributed by atoms with van der Waals surface area (Å²) in [7, 11) is 0. The number of hydrogen-bond acceptors (Lipinski definition) is 5. The first-order valence-corrected chi connectivity index (χ1v) is 11.9. The van der Waals surface area contributed by atoms with Crippen LogP contribution in [-0.4, -0.2) is 35.4 Å². The van der Waals surface area contributed by atoms with Gasteiger partial charge in [0.05, 0.1) is 6.04 Å². The molecule has 1 fully saturated rings. The molecule has 5 rings (SSSR count). The maximum absolute atomic E-state index is 5.01. The lowest BCUT2D eigenvalue weighted by Crippen LogP contribution is -2.18. The molecular weight excluding hydrogens is 410 g/mol. The minimum atomic E-state index is -0.0577. The van der Waals surface area contributed by atoms with Gasteiger partial charge in [-0.3, -0.25) is 0 Å². The van der Waals surface area contributed by atoms with Gasteiger partial charge in [-0.15, -0.1) is 5.10 Å². The Morgan fingerprint density at radius 1 is 0.939 bits per heavy atom. The zero-order valence-electron chi connectivity index (χ0n) is 19.6. The Hall–Kier alpha value is -3.35. The molecule has 2 aromatic carbocycles. The predicted octanol–water partition coefficient (Wildman–Crippen LogP) is 5.52. The van der Waals surface area contributed by atoms with Crippen LogP contribution in [0.2, 0.25) is 0 Å². The number of benzene rings is 2. The fourth-order valence-corrected chi connectivity index (χ4v) is 4.61. The predicted molar refractivity (Wildman–Crippen MR) is 129 cm³/mol. The van der Waals surface area contributed by atoms with Crippen LogP contribution in [0.4, 0.5) is 0 Å². The Morgan fingerprint density at radius 2 is 1.67 bits per heavy atom. The molecule has 0 radical (unpaired) electrons. The van der Waals surface area contributed by atoms with Gasteiger partial charge < -0.3 is 0 Å². The number of hydrogen-bond donors (Lipinski definition) is 1. The van der Waals surface area contributed by atoms with Crippen molar-refractivity contribution in [2.24, 2.45) is 0 Å². The summed E-state index contributed by atoms with van der Waals surface area (Å²) in [4.78, 5) is 5.01. The lowest BCUT2D eigenvalue weighted by molar-refractivity contribution is 0.319. The van der Waals surface area contributed by atoms with Crippen molar-refractivity contribution in [1.82, 2.24) is 35.4 Å². The molecule has 1 N–H and O–H groups in total. The molecule has 33 heavy (non-hydrogen) atoms. The standard InChI is InChI=1S/C26H31N7/c1-26(2,3)25-27-23(33(30-25)20-9-5-4-6-10-20)17-18-13-15-19(16-14-18)21-11-7-8-12-22(21)24-28-31-32-29-24/h7-8,11-16,20H,4-6,9-10,17H2,1-3H3,(H,28,29,31,32). The van der Waals surface area contributed by atoms with E-state index in [-0.39, 0.29) is 5.41 Å². The Bertz CT molecular complexity index is 1190.